The number of hydrogen-bond donors (Lipinski definition) is 0. The fraction of sp³-hybridized carbons (Fsp3) is 0.0667. The molecule has 0 amide bonds. The van der Waals surface area contributed by atoms with Crippen molar-refractivity contribution in [3.63, 3.8) is 0 Å². The highest BCUT2D eigenvalue weighted by atomic mass is 16.3. The van der Waals surface area contributed by atoms with E-state index in [1.165, 1.54) is 33.4 Å². The predicted octanol–water partition coefficient (Wildman–Crippen LogP) is 12.7. The molecule has 7 aromatic carbocycles. The van der Waals surface area contributed by atoms with Crippen LogP contribution in [0.3, 0.4) is 0 Å². The number of rotatable bonds is 5. The van der Waals surface area contributed by atoms with Crippen LogP contribution in [0.25, 0.3) is 55.3 Å². The summed E-state index contributed by atoms with van der Waals surface area (Å²) in [6, 6.07) is 58.9. The van der Waals surface area contributed by atoms with E-state index >= 15 is 0 Å². The normalized spacial score (nSPS) is 13.1. The van der Waals surface area contributed by atoms with Crippen LogP contribution in [0.5, 0.6) is 0 Å². The molecule has 2 heteroatoms. The summed E-state index contributed by atoms with van der Waals surface area (Å²) in [6.07, 6.45) is 0. The van der Waals surface area contributed by atoms with Gasteiger partial charge in [-0.3, -0.25) is 0 Å². The van der Waals surface area contributed by atoms with Crippen LogP contribution in [-0.4, -0.2) is 0 Å². The lowest BCUT2D eigenvalue weighted by Crippen LogP contribution is -2.14. The van der Waals surface area contributed by atoms with Gasteiger partial charge in [-0.15, -0.1) is 0 Å². The van der Waals surface area contributed by atoms with Crippen molar-refractivity contribution in [2.45, 2.75) is 19.3 Å². The second-order valence-electron chi connectivity index (χ2n) is 13.0. The van der Waals surface area contributed by atoms with Crippen LogP contribution >= 0.6 is 0 Å². The number of para-hydroxylation sites is 2. The molecule has 1 aromatic heterocycles. The maximum atomic E-state index is 6.17. The Kier molecular flexibility index (Phi) is 6.20. The molecule has 0 spiro atoms. The zero-order valence-corrected chi connectivity index (χ0v) is 26.4. The Balaban J connectivity index is 1.05. The third kappa shape index (κ3) is 4.48. The summed E-state index contributed by atoms with van der Waals surface area (Å²) in [5.74, 6) is 0. The molecule has 8 aromatic rings. The topological polar surface area (TPSA) is 16.4 Å². The van der Waals surface area contributed by atoms with Crippen LogP contribution < -0.4 is 4.90 Å². The second kappa shape index (κ2) is 10.6. The average Bonchev–Trinajstić information content (AvgIpc) is 3.61. The number of hydrogen-bond acceptors (Lipinski definition) is 2. The maximum Gasteiger partial charge on any atom is 0.136 e. The molecule has 47 heavy (non-hydrogen) atoms. The van der Waals surface area contributed by atoms with E-state index in [4.69, 9.17) is 4.42 Å². The Labute approximate surface area is 275 Å². The Morgan fingerprint density at radius 3 is 1.68 bits per heavy atom. The lowest BCUT2D eigenvalue weighted by atomic mass is 9.82. The summed E-state index contributed by atoms with van der Waals surface area (Å²) in [7, 11) is 0. The van der Waals surface area contributed by atoms with E-state index in [1.54, 1.807) is 0 Å². The first-order chi connectivity index (χ1) is 23.0. The Morgan fingerprint density at radius 1 is 0.404 bits per heavy atom. The highest BCUT2D eigenvalue weighted by molar-refractivity contribution is 6.05. The summed E-state index contributed by atoms with van der Waals surface area (Å²) in [5.41, 5.74) is 15.4. The van der Waals surface area contributed by atoms with Crippen molar-refractivity contribution >= 4 is 39.0 Å². The van der Waals surface area contributed by atoms with Crippen LogP contribution in [0, 0.1) is 0 Å². The van der Waals surface area contributed by atoms with E-state index in [9.17, 15) is 0 Å². The average molecular weight is 604 g/mol. The molecule has 0 aliphatic heterocycles. The molecular formula is C45H33NO. The van der Waals surface area contributed by atoms with Crippen LogP contribution in [0.2, 0.25) is 0 Å². The maximum absolute atomic E-state index is 6.17. The molecule has 0 bridgehead atoms. The standard InChI is InChI=1S/C45H33NO/c1-45(2)41-14-8-6-12-37(41)40-28-32(21-27-42(40)45)30-16-22-35(23-17-30)46(34-10-4-3-5-11-34)36-24-18-31(19-25-36)33-20-26-39-38-13-7-9-15-43(38)47-44(39)29-33/h3-29H,1-2H3. The van der Waals surface area contributed by atoms with E-state index in [1.807, 2.05) is 12.1 Å². The minimum Gasteiger partial charge on any atom is -0.456 e. The highest BCUT2D eigenvalue weighted by Gasteiger charge is 2.35. The van der Waals surface area contributed by atoms with E-state index in [-0.39, 0.29) is 5.41 Å². The van der Waals surface area contributed by atoms with Gasteiger partial charge in [0.15, 0.2) is 0 Å². The van der Waals surface area contributed by atoms with E-state index in [0.29, 0.717) is 0 Å². The van der Waals surface area contributed by atoms with Crippen molar-refractivity contribution in [3.8, 4) is 33.4 Å². The molecule has 0 saturated heterocycles. The minimum absolute atomic E-state index is 0.0141. The van der Waals surface area contributed by atoms with Gasteiger partial charge in [0.25, 0.3) is 0 Å². The number of furan rings is 1. The number of benzene rings is 7. The fourth-order valence-corrected chi connectivity index (χ4v) is 7.44. The van der Waals surface area contributed by atoms with Gasteiger partial charge in [-0.2, -0.15) is 0 Å². The van der Waals surface area contributed by atoms with Crippen LogP contribution in [0.15, 0.2) is 168 Å². The lowest BCUT2D eigenvalue weighted by molar-refractivity contribution is 0.660. The molecular weight excluding hydrogens is 571 g/mol. The molecule has 0 saturated carbocycles. The van der Waals surface area contributed by atoms with Gasteiger partial charge in [0.05, 0.1) is 0 Å². The molecule has 9 rings (SSSR count). The Hall–Kier alpha value is -5.86. The second-order valence-corrected chi connectivity index (χ2v) is 13.0. The van der Waals surface area contributed by atoms with Gasteiger partial charge in [0, 0.05) is 33.2 Å². The number of anilines is 3. The molecule has 0 radical (unpaired) electrons. The smallest absolute Gasteiger partial charge is 0.136 e. The largest absolute Gasteiger partial charge is 0.456 e. The predicted molar refractivity (Wildman–Crippen MR) is 197 cm³/mol. The lowest BCUT2D eigenvalue weighted by Gasteiger charge is -2.26. The van der Waals surface area contributed by atoms with E-state index in [0.717, 1.165) is 50.1 Å². The van der Waals surface area contributed by atoms with Crippen molar-refractivity contribution in [1.82, 2.24) is 0 Å². The van der Waals surface area contributed by atoms with E-state index in [2.05, 4.69) is 170 Å². The first-order valence-corrected chi connectivity index (χ1v) is 16.3. The molecule has 2 nitrogen and oxygen atoms in total. The summed E-state index contributed by atoms with van der Waals surface area (Å²) >= 11 is 0. The van der Waals surface area contributed by atoms with E-state index < -0.39 is 0 Å². The molecule has 1 heterocycles. The van der Waals surface area contributed by atoms with Gasteiger partial charge in [0.2, 0.25) is 0 Å². The molecule has 0 unspecified atom stereocenters. The van der Waals surface area contributed by atoms with Gasteiger partial charge < -0.3 is 9.32 Å². The van der Waals surface area contributed by atoms with Crippen molar-refractivity contribution in [2.75, 3.05) is 4.90 Å². The van der Waals surface area contributed by atoms with Gasteiger partial charge in [-0.25, -0.2) is 0 Å². The fourth-order valence-electron chi connectivity index (χ4n) is 7.44. The Morgan fingerprint density at radius 2 is 0.936 bits per heavy atom. The molecule has 0 atom stereocenters. The summed E-state index contributed by atoms with van der Waals surface area (Å²) < 4.78 is 6.17. The zero-order valence-electron chi connectivity index (χ0n) is 26.4. The third-order valence-corrected chi connectivity index (χ3v) is 9.89. The van der Waals surface area contributed by atoms with Gasteiger partial charge in [-0.05, 0) is 105 Å². The Bertz CT molecular complexity index is 2410. The van der Waals surface area contributed by atoms with Gasteiger partial charge >= 0.3 is 0 Å². The minimum atomic E-state index is 0.0141. The van der Waals surface area contributed by atoms with Crippen molar-refractivity contribution in [3.05, 3.63) is 175 Å². The third-order valence-electron chi connectivity index (χ3n) is 9.89. The van der Waals surface area contributed by atoms with Crippen molar-refractivity contribution in [2.24, 2.45) is 0 Å². The molecule has 224 valence electrons. The summed E-state index contributed by atoms with van der Waals surface area (Å²) in [6.45, 7) is 4.66. The molecule has 1 aliphatic rings. The van der Waals surface area contributed by atoms with Crippen molar-refractivity contribution in [1.29, 1.82) is 0 Å². The van der Waals surface area contributed by atoms with Gasteiger partial charge in [0.1, 0.15) is 11.2 Å². The number of nitrogens with zero attached hydrogens (tertiary/aromatic N) is 1. The molecule has 1 aliphatic carbocycles. The van der Waals surface area contributed by atoms with Crippen LogP contribution in [0.1, 0.15) is 25.0 Å². The number of fused-ring (bicyclic) bond motifs is 6. The molecule has 0 N–H and O–H groups in total. The van der Waals surface area contributed by atoms with Crippen LogP contribution in [-0.2, 0) is 5.41 Å². The monoisotopic (exact) mass is 603 g/mol. The highest BCUT2D eigenvalue weighted by Crippen LogP contribution is 2.49. The first kappa shape index (κ1) is 27.5. The zero-order chi connectivity index (χ0) is 31.5. The van der Waals surface area contributed by atoms with Gasteiger partial charge in [-0.1, -0.05) is 117 Å². The first-order valence-electron chi connectivity index (χ1n) is 16.3. The SMILES string of the molecule is CC1(C)c2ccccc2-c2cc(-c3ccc(N(c4ccccc4)c4ccc(-c5ccc6c(c5)oc5ccccc56)cc4)cc3)ccc21. The summed E-state index contributed by atoms with van der Waals surface area (Å²) in [5, 5.41) is 2.30. The quantitative estimate of drug-likeness (QED) is 0.195. The van der Waals surface area contributed by atoms with Crippen LogP contribution in [0.4, 0.5) is 17.1 Å². The molecule has 0 fully saturated rings. The van der Waals surface area contributed by atoms with Crippen molar-refractivity contribution < 1.29 is 4.42 Å². The summed E-state index contributed by atoms with van der Waals surface area (Å²) in [4.78, 5) is 2.32.